The molecule has 4 aromatic rings. The standard InChI is InChI=1S/C21H19N5O3S/c1-22-20(27)15-6-10-16(11-7-15)23-21-24-19-5-3-4-18(26(19)25-21)14-8-12-17(13-9-14)30(2,28)29/h3-13H,1-2H3,(H,22,27)(H,23,25). The predicted molar refractivity (Wildman–Crippen MR) is 115 cm³/mol. The van der Waals surface area contributed by atoms with Crippen LogP contribution in [0.25, 0.3) is 16.9 Å². The lowest BCUT2D eigenvalue weighted by Crippen LogP contribution is -2.17. The third-order valence-corrected chi connectivity index (χ3v) is 5.70. The van der Waals surface area contributed by atoms with Crippen LogP contribution in [-0.4, -0.2) is 42.2 Å². The summed E-state index contributed by atoms with van der Waals surface area (Å²) in [6, 6.07) is 19.2. The van der Waals surface area contributed by atoms with Crippen molar-refractivity contribution in [2.75, 3.05) is 18.6 Å². The Kier molecular flexibility index (Phi) is 4.96. The van der Waals surface area contributed by atoms with E-state index in [1.54, 1.807) is 60.1 Å². The monoisotopic (exact) mass is 421 g/mol. The van der Waals surface area contributed by atoms with Gasteiger partial charge in [0, 0.05) is 30.1 Å². The maximum absolute atomic E-state index is 11.7. The molecule has 0 aliphatic rings. The highest BCUT2D eigenvalue weighted by Crippen LogP contribution is 2.23. The fraction of sp³-hybridized carbons (Fsp3) is 0.0952. The summed E-state index contributed by atoms with van der Waals surface area (Å²) >= 11 is 0. The Balaban J connectivity index is 1.64. The Labute approximate surface area is 173 Å². The van der Waals surface area contributed by atoms with E-state index in [-0.39, 0.29) is 10.8 Å². The number of anilines is 2. The third kappa shape index (κ3) is 3.87. The number of benzene rings is 2. The summed E-state index contributed by atoms with van der Waals surface area (Å²) in [5.74, 6) is 0.252. The van der Waals surface area contributed by atoms with Gasteiger partial charge in [-0.1, -0.05) is 18.2 Å². The van der Waals surface area contributed by atoms with Crippen LogP contribution in [0.5, 0.6) is 0 Å². The topological polar surface area (TPSA) is 105 Å². The lowest BCUT2D eigenvalue weighted by Gasteiger charge is -2.05. The van der Waals surface area contributed by atoms with E-state index in [2.05, 4.69) is 20.7 Å². The Morgan fingerprint density at radius 1 is 0.967 bits per heavy atom. The fourth-order valence-electron chi connectivity index (χ4n) is 3.03. The zero-order valence-electron chi connectivity index (χ0n) is 16.3. The minimum atomic E-state index is -3.25. The molecule has 30 heavy (non-hydrogen) atoms. The Hall–Kier alpha value is -3.72. The van der Waals surface area contributed by atoms with E-state index in [9.17, 15) is 13.2 Å². The van der Waals surface area contributed by atoms with Crippen LogP contribution in [0.2, 0.25) is 0 Å². The van der Waals surface area contributed by atoms with Crippen LogP contribution in [0.4, 0.5) is 11.6 Å². The quantitative estimate of drug-likeness (QED) is 0.513. The summed E-state index contributed by atoms with van der Waals surface area (Å²) in [6.07, 6.45) is 1.18. The molecule has 0 atom stereocenters. The number of aromatic nitrogens is 3. The second-order valence-electron chi connectivity index (χ2n) is 6.69. The first-order chi connectivity index (χ1) is 14.3. The van der Waals surface area contributed by atoms with Crippen LogP contribution in [0, 0.1) is 0 Å². The normalized spacial score (nSPS) is 11.4. The van der Waals surface area contributed by atoms with E-state index in [4.69, 9.17) is 0 Å². The summed E-state index contributed by atoms with van der Waals surface area (Å²) < 4.78 is 25.1. The molecule has 2 heterocycles. The van der Waals surface area contributed by atoms with Gasteiger partial charge in [0.25, 0.3) is 5.91 Å². The molecule has 0 aliphatic heterocycles. The van der Waals surface area contributed by atoms with E-state index in [1.807, 2.05) is 18.2 Å². The van der Waals surface area contributed by atoms with Gasteiger partial charge in [-0.25, -0.2) is 12.9 Å². The van der Waals surface area contributed by atoms with Crippen molar-refractivity contribution in [3.63, 3.8) is 0 Å². The molecule has 2 aromatic heterocycles. The number of nitrogens with one attached hydrogen (secondary N) is 2. The van der Waals surface area contributed by atoms with Crippen molar-refractivity contribution in [3.05, 3.63) is 72.3 Å². The molecule has 0 spiro atoms. The molecule has 1 amide bonds. The number of rotatable bonds is 5. The van der Waals surface area contributed by atoms with Crippen molar-refractivity contribution in [1.82, 2.24) is 19.9 Å². The van der Waals surface area contributed by atoms with E-state index in [1.165, 1.54) is 6.26 Å². The maximum atomic E-state index is 11.7. The summed E-state index contributed by atoms with van der Waals surface area (Å²) in [5, 5.41) is 10.2. The number of nitrogens with zero attached hydrogens (tertiary/aromatic N) is 3. The first-order valence-electron chi connectivity index (χ1n) is 9.10. The van der Waals surface area contributed by atoms with Gasteiger partial charge in [-0.15, -0.1) is 5.10 Å². The van der Waals surface area contributed by atoms with Gasteiger partial charge in [0.15, 0.2) is 15.5 Å². The van der Waals surface area contributed by atoms with Gasteiger partial charge in [0.05, 0.1) is 10.6 Å². The molecule has 0 bridgehead atoms. The van der Waals surface area contributed by atoms with Crippen molar-refractivity contribution in [2.24, 2.45) is 0 Å². The van der Waals surface area contributed by atoms with Gasteiger partial charge in [-0.2, -0.15) is 4.98 Å². The zero-order valence-corrected chi connectivity index (χ0v) is 17.1. The highest BCUT2D eigenvalue weighted by molar-refractivity contribution is 7.90. The number of fused-ring (bicyclic) bond motifs is 1. The van der Waals surface area contributed by atoms with Crippen LogP contribution in [0.15, 0.2) is 71.6 Å². The minimum Gasteiger partial charge on any atom is -0.355 e. The van der Waals surface area contributed by atoms with Gasteiger partial charge in [-0.05, 0) is 48.5 Å². The molecule has 152 valence electrons. The smallest absolute Gasteiger partial charge is 0.251 e. The highest BCUT2D eigenvalue weighted by atomic mass is 32.2. The molecule has 0 radical (unpaired) electrons. The van der Waals surface area contributed by atoms with Gasteiger partial charge < -0.3 is 10.6 Å². The van der Waals surface area contributed by atoms with Crippen molar-refractivity contribution in [1.29, 1.82) is 0 Å². The number of sulfone groups is 1. The van der Waals surface area contributed by atoms with Crippen LogP contribution < -0.4 is 10.6 Å². The van der Waals surface area contributed by atoms with Crippen LogP contribution in [-0.2, 0) is 9.84 Å². The Morgan fingerprint density at radius 2 is 1.67 bits per heavy atom. The Morgan fingerprint density at radius 3 is 2.30 bits per heavy atom. The van der Waals surface area contributed by atoms with Crippen LogP contribution >= 0.6 is 0 Å². The molecule has 8 nitrogen and oxygen atoms in total. The zero-order chi connectivity index (χ0) is 21.3. The van der Waals surface area contributed by atoms with Gasteiger partial charge in [0.2, 0.25) is 5.95 Å². The van der Waals surface area contributed by atoms with Crippen LogP contribution in [0.3, 0.4) is 0 Å². The number of hydrogen-bond acceptors (Lipinski definition) is 6. The van der Waals surface area contributed by atoms with Crippen molar-refractivity contribution < 1.29 is 13.2 Å². The number of pyridine rings is 1. The van der Waals surface area contributed by atoms with Crippen molar-refractivity contribution in [3.8, 4) is 11.3 Å². The van der Waals surface area contributed by atoms with Gasteiger partial charge in [-0.3, -0.25) is 4.79 Å². The molecule has 0 saturated carbocycles. The second-order valence-corrected chi connectivity index (χ2v) is 8.71. The summed E-state index contributed by atoms with van der Waals surface area (Å²) in [4.78, 5) is 16.4. The molecule has 0 unspecified atom stereocenters. The summed E-state index contributed by atoms with van der Waals surface area (Å²) in [6.45, 7) is 0. The second kappa shape index (κ2) is 7.60. The number of amides is 1. The highest BCUT2D eigenvalue weighted by Gasteiger charge is 2.11. The molecule has 4 rings (SSSR count). The molecule has 0 aliphatic carbocycles. The third-order valence-electron chi connectivity index (χ3n) is 4.57. The molecule has 0 saturated heterocycles. The molecule has 9 heteroatoms. The SMILES string of the molecule is CNC(=O)c1ccc(Nc2nc3cccc(-c4ccc(S(C)(=O)=O)cc4)n3n2)cc1. The van der Waals surface area contributed by atoms with E-state index in [0.717, 1.165) is 16.9 Å². The van der Waals surface area contributed by atoms with E-state index < -0.39 is 9.84 Å². The van der Waals surface area contributed by atoms with Gasteiger partial charge >= 0.3 is 0 Å². The average molecular weight is 421 g/mol. The molecule has 0 fully saturated rings. The lowest BCUT2D eigenvalue weighted by molar-refractivity contribution is 0.0963. The van der Waals surface area contributed by atoms with Crippen LogP contribution in [0.1, 0.15) is 10.4 Å². The van der Waals surface area contributed by atoms with E-state index >= 15 is 0 Å². The summed E-state index contributed by atoms with van der Waals surface area (Å²) in [7, 11) is -1.67. The summed E-state index contributed by atoms with van der Waals surface area (Å²) in [5.41, 5.74) is 3.55. The first-order valence-corrected chi connectivity index (χ1v) is 11.0. The number of carbonyl (C=O) groups is 1. The van der Waals surface area contributed by atoms with E-state index in [0.29, 0.717) is 17.2 Å². The lowest BCUT2D eigenvalue weighted by atomic mass is 10.1. The van der Waals surface area contributed by atoms with Gasteiger partial charge in [0.1, 0.15) is 0 Å². The fourth-order valence-corrected chi connectivity index (χ4v) is 3.66. The molecule has 2 aromatic carbocycles. The van der Waals surface area contributed by atoms with Crippen molar-refractivity contribution in [2.45, 2.75) is 4.90 Å². The number of hydrogen-bond donors (Lipinski definition) is 2. The Bertz CT molecular complexity index is 1330. The first kappa shape index (κ1) is 19.6. The molecule has 2 N–H and O–H groups in total. The predicted octanol–water partition coefficient (Wildman–Crippen LogP) is 2.90. The molecular weight excluding hydrogens is 402 g/mol. The largest absolute Gasteiger partial charge is 0.355 e. The number of carbonyl (C=O) groups excluding carboxylic acids is 1. The van der Waals surface area contributed by atoms with Crippen molar-refractivity contribution >= 4 is 33.0 Å². The molecular formula is C21H19N5O3S. The minimum absolute atomic E-state index is 0.154. The average Bonchev–Trinajstić information content (AvgIpc) is 3.15. The maximum Gasteiger partial charge on any atom is 0.251 e.